The topological polar surface area (TPSA) is 55.1 Å². The third-order valence-electron chi connectivity index (χ3n) is 2.23. The fraction of sp³-hybridized carbons (Fsp3) is 0.167. The number of nitrogens with zero attached hydrogens (tertiary/aromatic N) is 1. The van der Waals surface area contributed by atoms with Crippen molar-refractivity contribution in [3.63, 3.8) is 0 Å². The van der Waals surface area contributed by atoms with Crippen LogP contribution in [0.15, 0.2) is 41.3 Å². The minimum Gasteiger partial charge on any atom is -0.444 e. The van der Waals surface area contributed by atoms with Gasteiger partial charge < -0.3 is 9.73 Å². The van der Waals surface area contributed by atoms with Crippen molar-refractivity contribution < 1.29 is 9.21 Å². The Morgan fingerprint density at radius 3 is 2.65 bits per heavy atom. The molecule has 1 N–H and O–H groups in total. The molecule has 0 radical (unpaired) electrons. The summed E-state index contributed by atoms with van der Waals surface area (Å²) in [6, 6.07) is 7.26. The molecule has 0 saturated heterocycles. The highest BCUT2D eigenvalue weighted by Gasteiger charge is 2.09. The van der Waals surface area contributed by atoms with Crippen molar-refractivity contribution >= 4 is 23.2 Å². The molecular weight excluding hydrogens is 240 g/mol. The number of amides is 1. The van der Waals surface area contributed by atoms with Crippen LogP contribution in [0.3, 0.4) is 0 Å². The van der Waals surface area contributed by atoms with Gasteiger partial charge in [0, 0.05) is 11.3 Å². The average Bonchev–Trinajstić information content (AvgIpc) is 2.83. The van der Waals surface area contributed by atoms with E-state index in [4.69, 9.17) is 16.0 Å². The number of benzene rings is 1. The van der Waals surface area contributed by atoms with E-state index in [1.165, 1.54) is 6.39 Å². The van der Waals surface area contributed by atoms with Gasteiger partial charge in [-0.15, -0.1) is 11.6 Å². The number of aromatic nitrogens is 1. The van der Waals surface area contributed by atoms with Crippen molar-refractivity contribution in [2.24, 2.45) is 0 Å². The molecule has 2 aromatic rings. The van der Waals surface area contributed by atoms with Crippen molar-refractivity contribution in [3.05, 3.63) is 36.9 Å². The van der Waals surface area contributed by atoms with Gasteiger partial charge in [-0.1, -0.05) is 0 Å². The Hall–Kier alpha value is -1.81. The number of halogens is 1. The third-order valence-corrected chi connectivity index (χ3v) is 2.43. The summed E-state index contributed by atoms with van der Waals surface area (Å²) in [7, 11) is 0. The first-order valence-corrected chi connectivity index (χ1v) is 5.54. The Morgan fingerprint density at radius 1 is 1.41 bits per heavy atom. The maximum atomic E-state index is 11.4. The second kappa shape index (κ2) is 5.01. The normalized spacial score (nSPS) is 12.1. The lowest BCUT2D eigenvalue weighted by atomic mass is 10.1. The zero-order valence-electron chi connectivity index (χ0n) is 9.18. The summed E-state index contributed by atoms with van der Waals surface area (Å²) >= 11 is 5.66. The van der Waals surface area contributed by atoms with Gasteiger partial charge in [-0.05, 0) is 31.2 Å². The van der Waals surface area contributed by atoms with Gasteiger partial charge in [-0.25, -0.2) is 4.98 Å². The molecular formula is C12H11ClN2O2. The largest absolute Gasteiger partial charge is 0.444 e. The Bertz CT molecular complexity index is 492. The first kappa shape index (κ1) is 11.7. The van der Waals surface area contributed by atoms with Gasteiger partial charge in [0.25, 0.3) is 0 Å². The molecule has 5 heteroatoms. The number of anilines is 1. The lowest BCUT2D eigenvalue weighted by Gasteiger charge is -2.06. The zero-order valence-corrected chi connectivity index (χ0v) is 9.94. The number of nitrogens with one attached hydrogen (secondary N) is 1. The van der Waals surface area contributed by atoms with Crippen LogP contribution in [0.1, 0.15) is 6.92 Å². The van der Waals surface area contributed by atoms with Crippen LogP contribution in [0.2, 0.25) is 0 Å². The van der Waals surface area contributed by atoms with Crippen molar-refractivity contribution in [3.8, 4) is 11.3 Å². The number of rotatable bonds is 3. The van der Waals surface area contributed by atoms with E-state index in [2.05, 4.69) is 10.3 Å². The van der Waals surface area contributed by atoms with E-state index in [0.29, 0.717) is 11.4 Å². The van der Waals surface area contributed by atoms with E-state index in [1.807, 2.05) is 12.1 Å². The lowest BCUT2D eigenvalue weighted by molar-refractivity contribution is -0.115. The Balaban J connectivity index is 2.11. The molecule has 1 unspecified atom stereocenters. The highest BCUT2D eigenvalue weighted by molar-refractivity contribution is 6.32. The minimum atomic E-state index is -0.552. The maximum absolute atomic E-state index is 11.4. The molecule has 0 aliphatic carbocycles. The SMILES string of the molecule is CC(Cl)C(=O)Nc1ccc(-c2cnco2)cc1. The number of carbonyl (C=O) groups excluding carboxylic acids is 1. The number of hydrogen-bond donors (Lipinski definition) is 1. The van der Waals surface area contributed by atoms with Gasteiger partial charge in [0.15, 0.2) is 12.2 Å². The molecule has 0 bridgehead atoms. The highest BCUT2D eigenvalue weighted by Crippen LogP contribution is 2.20. The second-order valence-electron chi connectivity index (χ2n) is 3.55. The molecule has 0 aliphatic heterocycles. The van der Waals surface area contributed by atoms with E-state index in [1.54, 1.807) is 25.3 Å². The molecule has 1 heterocycles. The van der Waals surface area contributed by atoms with Crippen LogP contribution in [-0.4, -0.2) is 16.3 Å². The fourth-order valence-electron chi connectivity index (χ4n) is 1.32. The Labute approximate surface area is 104 Å². The number of hydrogen-bond acceptors (Lipinski definition) is 3. The van der Waals surface area contributed by atoms with E-state index in [9.17, 15) is 4.79 Å². The maximum Gasteiger partial charge on any atom is 0.242 e. The minimum absolute atomic E-state index is 0.223. The molecule has 2 rings (SSSR count). The molecule has 0 spiro atoms. The standard InChI is InChI=1S/C12H11ClN2O2/c1-8(13)12(16)15-10-4-2-9(3-5-10)11-6-14-7-17-11/h2-8H,1H3,(H,15,16). The quantitative estimate of drug-likeness (QED) is 0.852. The monoisotopic (exact) mass is 250 g/mol. The summed E-state index contributed by atoms with van der Waals surface area (Å²) in [6.07, 6.45) is 3.01. The third kappa shape index (κ3) is 2.85. The predicted octanol–water partition coefficient (Wildman–Crippen LogP) is 2.91. The summed E-state index contributed by atoms with van der Waals surface area (Å²) in [4.78, 5) is 15.2. The first-order valence-electron chi connectivity index (χ1n) is 5.10. The second-order valence-corrected chi connectivity index (χ2v) is 4.20. The Kier molecular flexibility index (Phi) is 3.44. The van der Waals surface area contributed by atoms with Gasteiger partial charge >= 0.3 is 0 Å². The molecule has 0 saturated carbocycles. The smallest absolute Gasteiger partial charge is 0.242 e. The van der Waals surface area contributed by atoms with Crippen molar-refractivity contribution in [1.82, 2.24) is 4.98 Å². The van der Waals surface area contributed by atoms with Gasteiger partial charge in [-0.2, -0.15) is 0 Å². The fourth-order valence-corrected chi connectivity index (χ4v) is 1.37. The van der Waals surface area contributed by atoms with E-state index in [0.717, 1.165) is 5.56 Å². The van der Waals surface area contributed by atoms with Crippen LogP contribution in [0.5, 0.6) is 0 Å². The summed E-state index contributed by atoms with van der Waals surface area (Å²) < 4.78 is 5.16. The van der Waals surface area contributed by atoms with Crippen LogP contribution in [0.4, 0.5) is 5.69 Å². The number of carbonyl (C=O) groups is 1. The van der Waals surface area contributed by atoms with Crippen molar-refractivity contribution in [1.29, 1.82) is 0 Å². The molecule has 17 heavy (non-hydrogen) atoms. The zero-order chi connectivity index (χ0) is 12.3. The lowest BCUT2D eigenvalue weighted by Crippen LogP contribution is -2.20. The molecule has 0 aliphatic rings. The molecule has 1 amide bonds. The van der Waals surface area contributed by atoms with Gasteiger partial charge in [-0.3, -0.25) is 4.79 Å². The highest BCUT2D eigenvalue weighted by atomic mass is 35.5. The molecule has 4 nitrogen and oxygen atoms in total. The van der Waals surface area contributed by atoms with E-state index in [-0.39, 0.29) is 5.91 Å². The summed E-state index contributed by atoms with van der Waals surface area (Å²) in [5.41, 5.74) is 1.60. The molecule has 0 fully saturated rings. The Morgan fingerprint density at radius 2 is 2.12 bits per heavy atom. The molecule has 88 valence electrons. The van der Waals surface area contributed by atoms with Gasteiger partial charge in [0.2, 0.25) is 5.91 Å². The van der Waals surface area contributed by atoms with Crippen LogP contribution in [0, 0.1) is 0 Å². The van der Waals surface area contributed by atoms with Crippen LogP contribution in [-0.2, 0) is 4.79 Å². The van der Waals surface area contributed by atoms with Gasteiger partial charge in [0.1, 0.15) is 5.38 Å². The van der Waals surface area contributed by atoms with Gasteiger partial charge in [0.05, 0.1) is 6.20 Å². The molecule has 1 aromatic heterocycles. The van der Waals surface area contributed by atoms with E-state index >= 15 is 0 Å². The van der Waals surface area contributed by atoms with Crippen LogP contribution >= 0.6 is 11.6 Å². The average molecular weight is 251 g/mol. The van der Waals surface area contributed by atoms with Crippen LogP contribution in [0.25, 0.3) is 11.3 Å². The van der Waals surface area contributed by atoms with Crippen molar-refractivity contribution in [2.45, 2.75) is 12.3 Å². The van der Waals surface area contributed by atoms with Crippen LogP contribution < -0.4 is 5.32 Å². The van der Waals surface area contributed by atoms with Crippen molar-refractivity contribution in [2.75, 3.05) is 5.32 Å². The number of alkyl halides is 1. The summed E-state index contributed by atoms with van der Waals surface area (Å²) in [6.45, 7) is 1.62. The first-order chi connectivity index (χ1) is 8.16. The predicted molar refractivity (Wildman–Crippen MR) is 65.9 cm³/mol. The van der Waals surface area contributed by atoms with E-state index < -0.39 is 5.38 Å². The molecule has 1 aromatic carbocycles. The summed E-state index contributed by atoms with van der Waals surface area (Å²) in [5, 5.41) is 2.14. The summed E-state index contributed by atoms with van der Waals surface area (Å²) in [5.74, 6) is 0.465. The molecule has 1 atom stereocenters. The number of oxazole rings is 1.